The van der Waals surface area contributed by atoms with Gasteiger partial charge >= 0.3 is 5.97 Å². The zero-order valence-corrected chi connectivity index (χ0v) is 23.3. The van der Waals surface area contributed by atoms with Crippen molar-refractivity contribution >= 4 is 26.1 Å². The van der Waals surface area contributed by atoms with Crippen molar-refractivity contribution in [2.45, 2.75) is 90.8 Å². The van der Waals surface area contributed by atoms with Crippen molar-refractivity contribution in [3.8, 4) is 5.75 Å². The fourth-order valence-electron chi connectivity index (χ4n) is 3.45. The first-order chi connectivity index (χ1) is 15.9. The standard InChI is InChI=1S/C26H40N2O6Si/c1-16(34-35(8,9)26(5,6)7)22-19(28-23(22)31)15-21(30)27-20(24(32)33-25(2,3)4)14-17-10-12-18(29)13-11-17/h10-13,15-16,20,22,29H,14H2,1-9H3,(H,27,30)(H,28,31)/b19-15-/t16-,20+,22-/m1/s1. The number of amides is 2. The van der Waals surface area contributed by atoms with E-state index in [1.165, 1.54) is 18.2 Å². The highest BCUT2D eigenvalue weighted by Crippen LogP contribution is 2.39. The van der Waals surface area contributed by atoms with E-state index in [1.54, 1.807) is 32.9 Å². The van der Waals surface area contributed by atoms with E-state index in [1.807, 2.05) is 6.92 Å². The van der Waals surface area contributed by atoms with Crippen LogP contribution in [0.1, 0.15) is 54.0 Å². The smallest absolute Gasteiger partial charge is 0.329 e. The van der Waals surface area contributed by atoms with Crippen LogP contribution in [0.5, 0.6) is 5.75 Å². The van der Waals surface area contributed by atoms with Gasteiger partial charge in [0.05, 0.1) is 6.10 Å². The first-order valence-corrected chi connectivity index (χ1v) is 14.8. The Morgan fingerprint density at radius 1 is 1.14 bits per heavy atom. The number of esters is 1. The molecule has 0 aliphatic carbocycles. The summed E-state index contributed by atoms with van der Waals surface area (Å²) < 4.78 is 11.9. The predicted octanol–water partition coefficient (Wildman–Crippen LogP) is 3.80. The Bertz CT molecular complexity index is 973. The van der Waals surface area contributed by atoms with Crippen molar-refractivity contribution in [1.29, 1.82) is 0 Å². The highest BCUT2D eigenvalue weighted by molar-refractivity contribution is 6.74. The van der Waals surface area contributed by atoms with Crippen molar-refractivity contribution in [1.82, 2.24) is 10.6 Å². The average molecular weight is 505 g/mol. The van der Waals surface area contributed by atoms with Gasteiger partial charge in [0, 0.05) is 18.2 Å². The lowest BCUT2D eigenvalue weighted by molar-refractivity contribution is -0.158. The second-order valence-electron chi connectivity index (χ2n) is 11.6. The number of hydrogen-bond donors (Lipinski definition) is 3. The Labute approximate surface area is 209 Å². The quantitative estimate of drug-likeness (QED) is 0.215. The van der Waals surface area contributed by atoms with Gasteiger partial charge in [0.1, 0.15) is 23.3 Å². The summed E-state index contributed by atoms with van der Waals surface area (Å²) in [6.45, 7) is 17.7. The molecule has 0 unspecified atom stereocenters. The maximum atomic E-state index is 12.9. The molecule has 0 aromatic heterocycles. The largest absolute Gasteiger partial charge is 0.508 e. The third-order valence-electron chi connectivity index (χ3n) is 6.31. The molecule has 2 amide bonds. The van der Waals surface area contributed by atoms with Gasteiger partial charge in [-0.15, -0.1) is 0 Å². The van der Waals surface area contributed by atoms with Crippen LogP contribution >= 0.6 is 0 Å². The molecule has 1 aliphatic heterocycles. The second-order valence-corrected chi connectivity index (χ2v) is 16.4. The number of phenolic OH excluding ortho intramolecular Hbond substituents is 1. The molecule has 2 rings (SSSR count). The maximum Gasteiger partial charge on any atom is 0.329 e. The fourth-order valence-corrected chi connectivity index (χ4v) is 4.87. The lowest BCUT2D eigenvalue weighted by atomic mass is 9.91. The third kappa shape index (κ3) is 7.93. The molecule has 3 N–H and O–H groups in total. The van der Waals surface area contributed by atoms with Crippen LogP contribution in [-0.2, 0) is 30.0 Å². The number of carbonyl (C=O) groups is 3. The molecule has 8 nitrogen and oxygen atoms in total. The van der Waals surface area contributed by atoms with E-state index in [0.29, 0.717) is 5.70 Å². The molecular weight excluding hydrogens is 464 g/mol. The lowest BCUT2D eigenvalue weighted by Crippen LogP contribution is -2.55. The highest BCUT2D eigenvalue weighted by Gasteiger charge is 2.45. The molecule has 1 fully saturated rings. The van der Waals surface area contributed by atoms with Gasteiger partial charge in [-0.05, 0) is 63.5 Å². The molecular formula is C26H40N2O6Si. The Hall–Kier alpha value is -2.65. The molecule has 0 bridgehead atoms. The van der Waals surface area contributed by atoms with Crippen molar-refractivity contribution in [3.05, 3.63) is 41.6 Å². The van der Waals surface area contributed by atoms with Crippen LogP contribution in [0.15, 0.2) is 36.0 Å². The van der Waals surface area contributed by atoms with Crippen LogP contribution < -0.4 is 10.6 Å². The van der Waals surface area contributed by atoms with Crippen LogP contribution in [0.3, 0.4) is 0 Å². The number of carbonyl (C=O) groups excluding carboxylic acids is 3. The molecule has 0 spiro atoms. The van der Waals surface area contributed by atoms with Crippen molar-refractivity contribution in [2.75, 3.05) is 0 Å². The summed E-state index contributed by atoms with van der Waals surface area (Å²) in [6, 6.07) is 5.45. The topological polar surface area (TPSA) is 114 Å². The van der Waals surface area contributed by atoms with Gasteiger partial charge in [-0.2, -0.15) is 0 Å². The van der Waals surface area contributed by atoms with Crippen LogP contribution in [-0.4, -0.2) is 49.0 Å². The van der Waals surface area contributed by atoms with E-state index in [2.05, 4.69) is 44.5 Å². The van der Waals surface area contributed by atoms with Gasteiger partial charge in [-0.1, -0.05) is 32.9 Å². The molecule has 1 aromatic carbocycles. The molecule has 3 atom stereocenters. The SMILES string of the molecule is C[C@@H](O[Si](C)(C)C(C)(C)C)[C@H]1C(=O)N/C1=C\C(=O)N[C@@H](Cc1ccc(O)cc1)C(=O)OC(C)(C)C. The van der Waals surface area contributed by atoms with E-state index in [9.17, 15) is 19.5 Å². The van der Waals surface area contributed by atoms with Gasteiger partial charge in [0.2, 0.25) is 11.8 Å². The normalized spacial score (nSPS) is 19.4. The van der Waals surface area contributed by atoms with E-state index >= 15 is 0 Å². The predicted molar refractivity (Wildman–Crippen MR) is 137 cm³/mol. The summed E-state index contributed by atoms with van der Waals surface area (Å²) in [5.41, 5.74) is 0.487. The minimum absolute atomic E-state index is 0.0163. The van der Waals surface area contributed by atoms with Gasteiger partial charge < -0.3 is 24.9 Å². The number of aromatic hydroxyl groups is 1. The van der Waals surface area contributed by atoms with Crippen LogP contribution in [0.2, 0.25) is 18.1 Å². The van der Waals surface area contributed by atoms with Crippen LogP contribution in [0.4, 0.5) is 0 Å². The van der Waals surface area contributed by atoms with Crippen molar-refractivity contribution in [3.63, 3.8) is 0 Å². The van der Waals surface area contributed by atoms with Gasteiger partial charge in [0.15, 0.2) is 8.32 Å². The summed E-state index contributed by atoms with van der Waals surface area (Å²) >= 11 is 0. The summed E-state index contributed by atoms with van der Waals surface area (Å²) in [5.74, 6) is -1.73. The first-order valence-electron chi connectivity index (χ1n) is 11.9. The molecule has 1 aliphatic rings. The van der Waals surface area contributed by atoms with Gasteiger partial charge in [0.25, 0.3) is 0 Å². The summed E-state index contributed by atoms with van der Waals surface area (Å²) in [6.07, 6.45) is 1.11. The Balaban J connectivity index is 2.17. The molecule has 35 heavy (non-hydrogen) atoms. The lowest BCUT2D eigenvalue weighted by Gasteiger charge is -2.42. The van der Waals surface area contributed by atoms with E-state index in [-0.39, 0.29) is 29.2 Å². The number of benzene rings is 1. The molecule has 1 saturated heterocycles. The van der Waals surface area contributed by atoms with Gasteiger partial charge in [-0.3, -0.25) is 9.59 Å². The van der Waals surface area contributed by atoms with E-state index < -0.39 is 37.8 Å². The summed E-state index contributed by atoms with van der Waals surface area (Å²) in [4.78, 5) is 38.0. The fraction of sp³-hybridized carbons (Fsp3) is 0.577. The van der Waals surface area contributed by atoms with Crippen LogP contribution in [0, 0.1) is 5.92 Å². The second kappa shape index (κ2) is 10.5. The Morgan fingerprint density at radius 2 is 1.71 bits per heavy atom. The number of nitrogens with one attached hydrogen (secondary N) is 2. The summed E-state index contributed by atoms with van der Waals surface area (Å²) in [5, 5.41) is 14.9. The molecule has 194 valence electrons. The zero-order valence-electron chi connectivity index (χ0n) is 22.3. The Kier molecular flexibility index (Phi) is 8.60. The Morgan fingerprint density at radius 3 is 2.20 bits per heavy atom. The number of hydrogen-bond acceptors (Lipinski definition) is 6. The minimum Gasteiger partial charge on any atom is -0.508 e. The number of β-lactam (4-membered cyclic amide) rings is 1. The van der Waals surface area contributed by atoms with Crippen molar-refractivity contribution in [2.24, 2.45) is 5.92 Å². The number of ether oxygens (including phenoxy) is 1. The van der Waals surface area contributed by atoms with Crippen molar-refractivity contribution < 1.29 is 28.7 Å². The minimum atomic E-state index is -2.11. The maximum absolute atomic E-state index is 12.9. The van der Waals surface area contributed by atoms with Gasteiger partial charge in [-0.25, -0.2) is 4.79 Å². The first kappa shape index (κ1) is 28.6. The zero-order chi connectivity index (χ0) is 26.8. The molecule has 1 aromatic rings. The molecule has 0 saturated carbocycles. The third-order valence-corrected chi connectivity index (χ3v) is 10.9. The number of rotatable bonds is 8. The van der Waals surface area contributed by atoms with E-state index in [0.717, 1.165) is 5.56 Å². The van der Waals surface area contributed by atoms with Crippen LogP contribution in [0.25, 0.3) is 0 Å². The monoisotopic (exact) mass is 504 g/mol. The molecule has 9 heteroatoms. The number of phenols is 1. The molecule has 0 radical (unpaired) electrons. The average Bonchev–Trinajstić information content (AvgIpc) is 2.65. The molecule has 1 heterocycles. The summed E-state index contributed by atoms with van der Waals surface area (Å²) in [7, 11) is -2.11. The highest BCUT2D eigenvalue weighted by atomic mass is 28.4. The van der Waals surface area contributed by atoms with E-state index in [4.69, 9.17) is 9.16 Å².